The Morgan fingerprint density at radius 3 is 2.70 bits per heavy atom. The van der Waals surface area contributed by atoms with Gasteiger partial charge in [0, 0.05) is 26.1 Å². The van der Waals surface area contributed by atoms with Gasteiger partial charge in [-0.15, -0.1) is 0 Å². The monoisotopic (exact) mass is 301 g/mol. The summed E-state index contributed by atoms with van der Waals surface area (Å²) in [5.41, 5.74) is -0.273. The maximum atomic E-state index is 11.8. The van der Waals surface area contributed by atoms with Crippen molar-refractivity contribution in [2.45, 2.75) is 20.3 Å². The molecule has 0 spiro atoms. The number of nitrogens with zero attached hydrogens (tertiary/aromatic N) is 4. The molecule has 8 nitrogen and oxygen atoms in total. The van der Waals surface area contributed by atoms with E-state index < -0.39 is 4.92 Å². The number of amides is 1. The van der Waals surface area contributed by atoms with Crippen molar-refractivity contribution in [3.63, 3.8) is 0 Å². The molecule has 20 heavy (non-hydrogen) atoms. The quantitative estimate of drug-likeness (QED) is 0.467. The van der Waals surface area contributed by atoms with Crippen LogP contribution in [0, 0.1) is 10.1 Å². The molecule has 1 aromatic heterocycles. The van der Waals surface area contributed by atoms with Crippen molar-refractivity contribution in [2.24, 2.45) is 0 Å². The summed E-state index contributed by atoms with van der Waals surface area (Å²) in [4.78, 5) is 31.0. The van der Waals surface area contributed by atoms with Crippen LogP contribution in [-0.4, -0.2) is 45.3 Å². The maximum absolute atomic E-state index is 11.8. The normalized spacial score (nSPS) is 10.2. The second kappa shape index (κ2) is 7.59. The van der Waals surface area contributed by atoms with E-state index in [9.17, 15) is 14.9 Å². The van der Waals surface area contributed by atoms with Gasteiger partial charge >= 0.3 is 5.69 Å². The number of halogens is 1. The third-order valence-electron chi connectivity index (χ3n) is 2.68. The molecule has 1 aromatic rings. The molecule has 9 heteroatoms. The lowest BCUT2D eigenvalue weighted by molar-refractivity contribution is -0.384. The molecule has 0 bridgehead atoms. The fraction of sp³-hybridized carbons (Fsp3) is 0.545. The first-order chi connectivity index (χ1) is 9.49. The predicted octanol–water partition coefficient (Wildman–Crippen LogP) is 1.71. The highest BCUT2D eigenvalue weighted by molar-refractivity contribution is 6.28. The molecule has 1 N–H and O–H groups in total. The van der Waals surface area contributed by atoms with Gasteiger partial charge in [0.2, 0.25) is 17.0 Å². The summed E-state index contributed by atoms with van der Waals surface area (Å²) in [5, 5.41) is 13.5. The minimum atomic E-state index is -0.606. The van der Waals surface area contributed by atoms with E-state index >= 15 is 0 Å². The van der Waals surface area contributed by atoms with Crippen molar-refractivity contribution in [3.05, 3.63) is 21.6 Å². The molecule has 0 aliphatic rings. The molecule has 0 atom stereocenters. The summed E-state index contributed by atoms with van der Waals surface area (Å²) in [6, 6.07) is 0. The highest BCUT2D eigenvalue weighted by Crippen LogP contribution is 2.21. The Labute approximate surface area is 121 Å². The summed E-state index contributed by atoms with van der Waals surface area (Å²) >= 11 is 5.60. The number of hydrogen-bond donors (Lipinski definition) is 1. The molecule has 0 saturated heterocycles. The minimum absolute atomic E-state index is 0.0161. The largest absolute Gasteiger partial charge is 0.364 e. The first-order valence-corrected chi connectivity index (χ1v) is 6.55. The fourth-order valence-corrected chi connectivity index (χ4v) is 1.77. The number of hydrogen-bond acceptors (Lipinski definition) is 6. The van der Waals surface area contributed by atoms with Crippen LogP contribution in [0.4, 0.5) is 11.5 Å². The zero-order valence-electron chi connectivity index (χ0n) is 11.3. The van der Waals surface area contributed by atoms with Gasteiger partial charge in [-0.1, -0.05) is 0 Å². The number of carbonyl (C=O) groups excluding carboxylic acids is 1. The standard InChI is InChI=1S/C11H16ClN5O3/c1-3-16(4-2)9(18)5-6-13-10-8(17(19)20)7-14-11(12)15-10/h7H,3-6H2,1-2H3,(H,13,14,15). The Balaban J connectivity index is 2.64. The Morgan fingerprint density at radius 1 is 1.50 bits per heavy atom. The summed E-state index contributed by atoms with van der Waals surface area (Å²) < 4.78 is 0. The number of carbonyl (C=O) groups is 1. The van der Waals surface area contributed by atoms with Gasteiger partial charge in [-0.05, 0) is 25.4 Å². The fourth-order valence-electron chi connectivity index (χ4n) is 1.64. The van der Waals surface area contributed by atoms with Crippen molar-refractivity contribution in [1.82, 2.24) is 14.9 Å². The maximum Gasteiger partial charge on any atom is 0.329 e. The highest BCUT2D eigenvalue weighted by Gasteiger charge is 2.17. The van der Waals surface area contributed by atoms with Gasteiger partial charge < -0.3 is 10.2 Å². The van der Waals surface area contributed by atoms with Gasteiger partial charge in [-0.3, -0.25) is 14.9 Å². The van der Waals surface area contributed by atoms with Gasteiger partial charge in [-0.2, -0.15) is 4.98 Å². The van der Waals surface area contributed by atoms with E-state index in [1.54, 1.807) is 4.90 Å². The van der Waals surface area contributed by atoms with Crippen LogP contribution in [0.25, 0.3) is 0 Å². The minimum Gasteiger partial charge on any atom is -0.364 e. The van der Waals surface area contributed by atoms with Gasteiger partial charge in [0.25, 0.3) is 0 Å². The van der Waals surface area contributed by atoms with E-state index in [0.717, 1.165) is 6.20 Å². The first-order valence-electron chi connectivity index (χ1n) is 6.18. The molecule has 0 aliphatic heterocycles. The second-order valence-corrected chi connectivity index (χ2v) is 4.21. The summed E-state index contributed by atoms with van der Waals surface area (Å²) in [6.45, 7) is 5.29. The lowest BCUT2D eigenvalue weighted by atomic mass is 10.3. The Morgan fingerprint density at radius 2 is 2.15 bits per heavy atom. The van der Waals surface area contributed by atoms with Crippen molar-refractivity contribution in [1.29, 1.82) is 0 Å². The van der Waals surface area contributed by atoms with Crippen molar-refractivity contribution in [2.75, 3.05) is 25.0 Å². The summed E-state index contributed by atoms with van der Waals surface area (Å²) in [5.74, 6) is -0.00680. The Bertz CT molecular complexity index is 493. The molecule has 0 saturated carbocycles. The zero-order valence-corrected chi connectivity index (χ0v) is 12.1. The molecule has 110 valence electrons. The van der Waals surface area contributed by atoms with Gasteiger partial charge in [-0.25, -0.2) is 4.98 Å². The molecule has 1 rings (SSSR count). The lowest BCUT2D eigenvalue weighted by Gasteiger charge is -2.18. The van der Waals surface area contributed by atoms with Crippen molar-refractivity contribution in [3.8, 4) is 0 Å². The van der Waals surface area contributed by atoms with Gasteiger partial charge in [0.1, 0.15) is 6.20 Å². The van der Waals surface area contributed by atoms with Crippen LogP contribution in [-0.2, 0) is 4.79 Å². The molecular formula is C11H16ClN5O3. The second-order valence-electron chi connectivity index (χ2n) is 3.87. The summed E-state index contributed by atoms with van der Waals surface area (Å²) in [6.07, 6.45) is 1.25. The van der Waals surface area contributed by atoms with Gasteiger partial charge in [0.05, 0.1) is 4.92 Å². The average Bonchev–Trinajstić information content (AvgIpc) is 2.39. The van der Waals surface area contributed by atoms with Crippen LogP contribution in [0.1, 0.15) is 20.3 Å². The van der Waals surface area contributed by atoms with Crippen LogP contribution in [0.2, 0.25) is 5.28 Å². The Kier molecular flexibility index (Phi) is 6.10. The third-order valence-corrected chi connectivity index (χ3v) is 2.87. The van der Waals surface area contributed by atoms with E-state index in [0.29, 0.717) is 13.1 Å². The molecule has 0 aliphatic carbocycles. The SMILES string of the molecule is CCN(CC)C(=O)CCNc1nc(Cl)ncc1[N+](=O)[O-]. The molecule has 0 radical (unpaired) electrons. The van der Waals surface area contributed by atoms with E-state index in [2.05, 4.69) is 15.3 Å². The summed E-state index contributed by atoms with van der Waals surface area (Å²) in [7, 11) is 0. The van der Waals surface area contributed by atoms with E-state index in [1.165, 1.54) is 0 Å². The van der Waals surface area contributed by atoms with Crippen LogP contribution in [0.5, 0.6) is 0 Å². The Hall–Kier alpha value is -1.96. The lowest BCUT2D eigenvalue weighted by Crippen LogP contribution is -2.31. The molecule has 1 heterocycles. The van der Waals surface area contributed by atoms with Crippen molar-refractivity contribution < 1.29 is 9.72 Å². The molecule has 0 aromatic carbocycles. The smallest absolute Gasteiger partial charge is 0.329 e. The van der Waals surface area contributed by atoms with Crippen LogP contribution >= 0.6 is 11.6 Å². The number of anilines is 1. The highest BCUT2D eigenvalue weighted by atomic mass is 35.5. The van der Waals surface area contributed by atoms with Crippen molar-refractivity contribution >= 4 is 29.0 Å². The number of aromatic nitrogens is 2. The number of nitrogens with one attached hydrogen (secondary N) is 1. The third kappa shape index (κ3) is 4.30. The molecule has 1 amide bonds. The molecule has 0 unspecified atom stereocenters. The number of rotatable bonds is 7. The van der Waals surface area contributed by atoms with E-state index in [4.69, 9.17) is 11.6 Å². The van der Waals surface area contributed by atoms with E-state index in [1.807, 2.05) is 13.8 Å². The van der Waals surface area contributed by atoms with Crippen LogP contribution in [0.15, 0.2) is 6.20 Å². The van der Waals surface area contributed by atoms with Crippen LogP contribution < -0.4 is 5.32 Å². The van der Waals surface area contributed by atoms with Crippen LogP contribution in [0.3, 0.4) is 0 Å². The first kappa shape index (κ1) is 16.1. The van der Waals surface area contributed by atoms with Gasteiger partial charge in [0.15, 0.2) is 0 Å². The molecule has 0 fully saturated rings. The zero-order chi connectivity index (χ0) is 15.1. The number of nitro groups is 1. The molecular weight excluding hydrogens is 286 g/mol. The topological polar surface area (TPSA) is 101 Å². The van der Waals surface area contributed by atoms with E-state index in [-0.39, 0.29) is 35.7 Å². The average molecular weight is 302 g/mol. The predicted molar refractivity (Wildman–Crippen MR) is 74.7 cm³/mol.